The van der Waals surface area contributed by atoms with Gasteiger partial charge in [-0.15, -0.1) is 0 Å². The molecule has 0 radical (unpaired) electrons. The van der Waals surface area contributed by atoms with Crippen LogP contribution >= 0.6 is 0 Å². The largest absolute Gasteiger partial charge is 0.311 e. The fraction of sp³-hybridized carbons (Fsp3) is 0.0816. The zero-order valence-electron chi connectivity index (χ0n) is 58.4. The summed E-state index contributed by atoms with van der Waals surface area (Å²) < 4.78 is 2.61. The second kappa shape index (κ2) is 24.9. The molecule has 16 aromatic rings. The first kappa shape index (κ1) is 62.0. The summed E-state index contributed by atoms with van der Waals surface area (Å²) in [6, 6.07) is 132. The Labute approximate surface area is 599 Å². The van der Waals surface area contributed by atoms with Crippen LogP contribution in [0.2, 0.25) is 0 Å². The molecule has 15 aromatic carbocycles. The average Bonchev–Trinajstić information content (AvgIpc) is 0.924. The van der Waals surface area contributed by atoms with Gasteiger partial charge in [-0.25, -0.2) is 0 Å². The summed E-state index contributed by atoms with van der Waals surface area (Å²) in [4.78, 5) is 5.29. The molecule has 1 aromatic heterocycles. The smallest absolute Gasteiger partial charge is 0.252 e. The molecule has 0 amide bonds. The quantitative estimate of drug-likeness (QED) is 0.120. The number of anilines is 6. The van der Waals surface area contributed by atoms with E-state index in [-0.39, 0.29) is 17.5 Å². The predicted octanol–water partition coefficient (Wildman–Crippen LogP) is 24.8. The van der Waals surface area contributed by atoms with Crippen molar-refractivity contribution < 1.29 is 0 Å². The van der Waals surface area contributed by atoms with Gasteiger partial charge in [0.05, 0.1) is 16.7 Å². The van der Waals surface area contributed by atoms with E-state index in [2.05, 4.69) is 408 Å². The third-order valence-corrected chi connectivity index (χ3v) is 21.2. The van der Waals surface area contributed by atoms with Crippen LogP contribution in [0, 0.1) is 0 Å². The molecule has 0 N–H and O–H groups in total. The molecule has 486 valence electrons. The summed E-state index contributed by atoms with van der Waals surface area (Å²) in [5, 5.41) is 2.45. The summed E-state index contributed by atoms with van der Waals surface area (Å²) >= 11 is 0. The van der Waals surface area contributed by atoms with Gasteiger partial charge in [-0.3, -0.25) is 0 Å². The zero-order chi connectivity index (χ0) is 68.8. The number of hydrogen-bond acceptors (Lipinski definition) is 2. The van der Waals surface area contributed by atoms with Crippen molar-refractivity contribution >= 4 is 79.0 Å². The molecular weight excluding hydrogens is 1230 g/mol. The first-order valence-corrected chi connectivity index (χ1v) is 35.8. The highest BCUT2D eigenvalue weighted by Crippen LogP contribution is 2.51. The molecule has 4 heteroatoms. The molecular formula is C98H76BN3. The second-order valence-electron chi connectivity index (χ2n) is 29.7. The maximum Gasteiger partial charge on any atom is 0.252 e. The van der Waals surface area contributed by atoms with E-state index < -0.39 is 0 Å². The number of benzene rings is 15. The van der Waals surface area contributed by atoms with E-state index in [0.29, 0.717) is 0 Å². The van der Waals surface area contributed by atoms with Gasteiger partial charge in [0.15, 0.2) is 0 Å². The maximum absolute atomic E-state index is 2.64. The molecule has 0 aliphatic carbocycles. The van der Waals surface area contributed by atoms with E-state index in [1.807, 2.05) is 0 Å². The first-order valence-electron chi connectivity index (χ1n) is 35.8. The molecule has 0 spiro atoms. The summed E-state index contributed by atoms with van der Waals surface area (Å²) in [5.41, 5.74) is 34.7. The molecule has 0 bridgehead atoms. The molecule has 0 unspecified atom stereocenters. The van der Waals surface area contributed by atoms with Crippen molar-refractivity contribution in [1.82, 2.24) is 4.57 Å². The van der Waals surface area contributed by atoms with Crippen LogP contribution in [-0.2, 0) is 10.8 Å². The van der Waals surface area contributed by atoms with Crippen molar-refractivity contribution in [2.45, 2.75) is 52.4 Å². The Morgan fingerprint density at radius 1 is 0.216 bits per heavy atom. The van der Waals surface area contributed by atoms with Crippen LogP contribution in [-0.4, -0.2) is 11.3 Å². The Morgan fingerprint density at radius 2 is 0.490 bits per heavy atom. The van der Waals surface area contributed by atoms with Crippen molar-refractivity contribution in [1.29, 1.82) is 0 Å². The lowest BCUT2D eigenvalue weighted by Crippen LogP contribution is -2.61. The normalized spacial score (nSPS) is 12.5. The van der Waals surface area contributed by atoms with Gasteiger partial charge < -0.3 is 14.4 Å². The minimum Gasteiger partial charge on any atom is -0.311 e. The summed E-state index contributed by atoms with van der Waals surface area (Å²) in [7, 11) is 0. The number of rotatable bonds is 11. The van der Waals surface area contributed by atoms with Crippen molar-refractivity contribution in [3.05, 3.63) is 363 Å². The lowest BCUT2D eigenvalue weighted by molar-refractivity contribution is 0.591. The Kier molecular flexibility index (Phi) is 15.1. The zero-order valence-corrected chi connectivity index (χ0v) is 58.4. The van der Waals surface area contributed by atoms with Gasteiger partial charge in [0, 0.05) is 44.9 Å². The van der Waals surface area contributed by atoms with Crippen LogP contribution in [0.25, 0.3) is 117 Å². The highest BCUT2D eigenvalue weighted by atomic mass is 15.2. The summed E-state index contributed by atoms with van der Waals surface area (Å²) in [6.07, 6.45) is 0. The van der Waals surface area contributed by atoms with Gasteiger partial charge >= 0.3 is 0 Å². The predicted molar refractivity (Wildman–Crippen MR) is 436 cm³/mol. The summed E-state index contributed by atoms with van der Waals surface area (Å²) in [5.74, 6) is 0. The Morgan fingerprint density at radius 3 is 0.794 bits per heavy atom. The molecule has 18 rings (SSSR count). The van der Waals surface area contributed by atoms with Crippen molar-refractivity contribution in [2.75, 3.05) is 9.80 Å². The van der Waals surface area contributed by atoms with Crippen molar-refractivity contribution in [3.63, 3.8) is 0 Å². The molecule has 0 saturated heterocycles. The number of fused-ring (bicyclic) bond motifs is 7. The molecule has 0 atom stereocenters. The number of nitrogens with zero attached hydrogens (tertiary/aromatic N) is 3. The van der Waals surface area contributed by atoms with Gasteiger partial charge in [0.25, 0.3) is 6.71 Å². The highest BCUT2D eigenvalue weighted by Gasteiger charge is 2.45. The summed E-state index contributed by atoms with van der Waals surface area (Å²) in [6.45, 7) is 13.8. The lowest BCUT2D eigenvalue weighted by Gasteiger charge is -2.45. The van der Waals surface area contributed by atoms with E-state index in [0.717, 1.165) is 107 Å². The topological polar surface area (TPSA) is 11.4 Å². The molecule has 0 saturated carbocycles. The van der Waals surface area contributed by atoms with Crippen LogP contribution in [0.1, 0.15) is 52.7 Å². The standard InChI is InChI=1S/C98H76BN3/c1-97(2,3)81-47-49-86-87-50-48-82(98(4,5)6)62-91(87)100(90(86)61-81)85-63-94-96-95(64-85)102(84-57-79(69-33-21-11-22-34-69)54-80(58-84)70-35-23-12-24-36-70)93-60-76(74-43-39-72(40-44-74)66-27-15-8-16-28-66)46-52-89(93)99(96)88-51-45-75(73-41-37-71(38-42-73)65-25-13-7-14-26-65)59-92(88)101(94)83-55-77(67-29-17-9-18-30-67)53-78(56-83)68-31-19-10-20-32-68/h7-64H,1-6H3. The number of aromatic nitrogens is 1. The minimum absolute atomic E-state index is 0.123. The second-order valence-corrected chi connectivity index (χ2v) is 29.7. The van der Waals surface area contributed by atoms with Gasteiger partial charge in [-0.05, 0) is 200 Å². The van der Waals surface area contributed by atoms with Crippen molar-refractivity contribution in [3.8, 4) is 94.7 Å². The molecule has 2 aliphatic heterocycles. The van der Waals surface area contributed by atoms with E-state index in [4.69, 9.17) is 0 Å². The van der Waals surface area contributed by atoms with Crippen LogP contribution in [0.3, 0.4) is 0 Å². The van der Waals surface area contributed by atoms with Gasteiger partial charge in [-0.1, -0.05) is 321 Å². The molecule has 102 heavy (non-hydrogen) atoms. The van der Waals surface area contributed by atoms with Gasteiger partial charge in [0.1, 0.15) is 0 Å². The molecule has 3 nitrogen and oxygen atoms in total. The Hall–Kier alpha value is -12.2. The average molecular weight is 1310 g/mol. The number of hydrogen-bond donors (Lipinski definition) is 0. The van der Waals surface area contributed by atoms with Crippen LogP contribution in [0.5, 0.6) is 0 Å². The van der Waals surface area contributed by atoms with Gasteiger partial charge in [-0.2, -0.15) is 0 Å². The van der Waals surface area contributed by atoms with Crippen molar-refractivity contribution in [2.24, 2.45) is 0 Å². The van der Waals surface area contributed by atoms with E-state index >= 15 is 0 Å². The fourth-order valence-electron chi connectivity index (χ4n) is 15.9. The molecule has 0 fully saturated rings. The van der Waals surface area contributed by atoms with Gasteiger partial charge in [0.2, 0.25) is 0 Å². The van der Waals surface area contributed by atoms with E-state index in [1.54, 1.807) is 0 Å². The highest BCUT2D eigenvalue weighted by molar-refractivity contribution is 7.00. The van der Waals surface area contributed by atoms with Crippen LogP contribution in [0.15, 0.2) is 352 Å². The lowest BCUT2D eigenvalue weighted by atomic mass is 9.33. The van der Waals surface area contributed by atoms with E-state index in [1.165, 1.54) is 71.6 Å². The monoisotopic (exact) mass is 1310 g/mol. The Balaban J connectivity index is 0.988. The Bertz CT molecular complexity index is 5380. The SMILES string of the molecule is CC(C)(C)c1ccc2c3ccc(C(C)(C)C)cc3n(-c3cc4c5c(c3)N(c3cc(-c6ccccc6)cc(-c6ccccc6)c3)c3cc(-c6ccc(-c7ccccc7)cc6)ccc3B5c3ccc(-c5ccc(-c6ccccc6)cc5)cc3N4c3cc(-c4ccccc4)cc(-c4ccccc4)c3)c2c1. The third kappa shape index (κ3) is 11.1. The van der Waals surface area contributed by atoms with Crippen LogP contribution in [0.4, 0.5) is 34.1 Å². The molecule has 3 heterocycles. The minimum atomic E-state index is -0.208. The third-order valence-electron chi connectivity index (χ3n) is 21.2. The van der Waals surface area contributed by atoms with Crippen LogP contribution < -0.4 is 26.2 Å². The maximum atomic E-state index is 2.64. The molecule has 2 aliphatic rings. The fourth-order valence-corrected chi connectivity index (χ4v) is 15.9. The van der Waals surface area contributed by atoms with E-state index in [9.17, 15) is 0 Å². The first-order chi connectivity index (χ1) is 49.8.